The second-order valence-electron chi connectivity index (χ2n) is 10.9. The van der Waals surface area contributed by atoms with Gasteiger partial charge in [0.2, 0.25) is 0 Å². The number of piperidine rings is 1. The molecule has 0 saturated carbocycles. The average molecular weight is 535 g/mol. The number of rotatable bonds is 3. The summed E-state index contributed by atoms with van der Waals surface area (Å²) in [4.78, 5) is 25.6. The van der Waals surface area contributed by atoms with E-state index in [2.05, 4.69) is 35.4 Å². The van der Waals surface area contributed by atoms with Gasteiger partial charge in [0.25, 0.3) is 0 Å². The van der Waals surface area contributed by atoms with Crippen LogP contribution in [0.2, 0.25) is 0 Å². The molecule has 0 radical (unpaired) electrons. The van der Waals surface area contributed by atoms with Crippen molar-refractivity contribution < 1.29 is 14.3 Å². The van der Waals surface area contributed by atoms with Gasteiger partial charge in [-0.3, -0.25) is 4.90 Å². The smallest absolute Gasteiger partial charge is 0.410 e. The average Bonchev–Trinajstić information content (AvgIpc) is 3.47. The summed E-state index contributed by atoms with van der Waals surface area (Å²) in [5.74, 6) is 0.474. The molecule has 9 nitrogen and oxygen atoms in total. The molecular weight excluding hydrogens is 500 g/mol. The molecule has 186 valence electrons. The number of carbonyl (C=O) groups excluding carboxylic acids is 1. The number of halogens is 1. The van der Waals surface area contributed by atoms with Gasteiger partial charge >= 0.3 is 6.09 Å². The van der Waals surface area contributed by atoms with E-state index >= 15 is 0 Å². The van der Waals surface area contributed by atoms with Crippen molar-refractivity contribution in [2.45, 2.75) is 82.8 Å². The van der Waals surface area contributed by atoms with Crippen molar-refractivity contribution >= 4 is 38.9 Å². The van der Waals surface area contributed by atoms with Gasteiger partial charge in [0.1, 0.15) is 29.6 Å². The van der Waals surface area contributed by atoms with E-state index in [1.54, 1.807) is 0 Å². The highest BCUT2D eigenvalue weighted by Crippen LogP contribution is 2.41. The largest absolute Gasteiger partial charge is 0.444 e. The normalized spacial score (nSPS) is 25.5. The van der Waals surface area contributed by atoms with E-state index in [0.717, 1.165) is 67.4 Å². The molecule has 5 rings (SSSR count). The minimum Gasteiger partial charge on any atom is -0.444 e. The van der Waals surface area contributed by atoms with Crippen LogP contribution < -0.4 is 5.73 Å². The van der Waals surface area contributed by atoms with Crippen molar-refractivity contribution in [2.24, 2.45) is 0 Å². The molecule has 1 spiro atoms. The zero-order chi connectivity index (χ0) is 24.1. The Morgan fingerprint density at radius 1 is 1.24 bits per heavy atom. The minimum atomic E-state index is -0.458. The summed E-state index contributed by atoms with van der Waals surface area (Å²) < 4.78 is 15.1. The van der Waals surface area contributed by atoms with Crippen LogP contribution in [-0.4, -0.2) is 73.9 Å². The van der Waals surface area contributed by atoms with Crippen LogP contribution in [0, 0.1) is 0 Å². The third-order valence-corrected chi connectivity index (χ3v) is 8.10. The van der Waals surface area contributed by atoms with Gasteiger partial charge in [-0.15, -0.1) is 0 Å². The van der Waals surface area contributed by atoms with E-state index in [1.807, 2.05) is 31.9 Å². The van der Waals surface area contributed by atoms with Gasteiger partial charge in [-0.1, -0.05) is 0 Å². The zero-order valence-corrected chi connectivity index (χ0v) is 21.9. The van der Waals surface area contributed by atoms with E-state index in [4.69, 9.17) is 15.2 Å². The predicted molar refractivity (Wildman–Crippen MR) is 133 cm³/mol. The molecule has 2 aromatic rings. The Hall–Kier alpha value is -1.91. The molecule has 3 aliphatic heterocycles. The van der Waals surface area contributed by atoms with Gasteiger partial charge in [-0.2, -0.15) is 0 Å². The summed E-state index contributed by atoms with van der Waals surface area (Å²) in [7, 11) is 0. The van der Waals surface area contributed by atoms with E-state index in [-0.39, 0.29) is 24.0 Å². The van der Waals surface area contributed by atoms with E-state index in [1.165, 1.54) is 19.2 Å². The molecule has 2 atom stereocenters. The lowest BCUT2D eigenvalue weighted by Crippen LogP contribution is -2.55. The number of likely N-dealkylation sites (tertiary alicyclic amines) is 2. The second kappa shape index (κ2) is 8.95. The standard InChI is InChI=1S/C24H35BrN6O3/c1-23(2,3)34-22(32)29-11-8-24(9-12-29)7-4-10-30(24)13-16-5-6-18(33-16)31-14-17(25)19-20(26)27-15-28-21(19)31/h14-16,18H,4-13H2,1-3H3,(H2,26,27,28). The molecule has 10 heteroatoms. The molecule has 3 saturated heterocycles. The fraction of sp³-hybridized carbons (Fsp3) is 0.708. The number of fused-ring (bicyclic) bond motifs is 1. The van der Waals surface area contributed by atoms with Crippen molar-refractivity contribution in [2.75, 3.05) is 31.9 Å². The first-order valence-corrected chi connectivity index (χ1v) is 13.1. The van der Waals surface area contributed by atoms with Crippen molar-refractivity contribution in [1.29, 1.82) is 0 Å². The third-order valence-electron chi connectivity index (χ3n) is 7.50. The topological polar surface area (TPSA) is 98.7 Å². The van der Waals surface area contributed by atoms with Crippen LogP contribution >= 0.6 is 15.9 Å². The molecule has 2 unspecified atom stereocenters. The van der Waals surface area contributed by atoms with Gasteiger partial charge in [0.05, 0.1) is 11.5 Å². The summed E-state index contributed by atoms with van der Waals surface area (Å²) in [6.07, 6.45) is 9.78. The molecule has 5 heterocycles. The van der Waals surface area contributed by atoms with Crippen LogP contribution in [0.4, 0.5) is 10.6 Å². The number of hydrogen-bond acceptors (Lipinski definition) is 7. The molecule has 3 aliphatic rings. The lowest BCUT2D eigenvalue weighted by molar-refractivity contribution is -0.0364. The number of ether oxygens (including phenoxy) is 2. The molecule has 0 aliphatic carbocycles. The fourth-order valence-corrected chi connectivity index (χ4v) is 6.43. The first-order valence-electron chi connectivity index (χ1n) is 12.3. The van der Waals surface area contributed by atoms with Crippen LogP contribution in [0.5, 0.6) is 0 Å². The molecule has 0 aromatic carbocycles. The number of hydrogen-bond donors (Lipinski definition) is 1. The van der Waals surface area contributed by atoms with Gasteiger partial charge in [0.15, 0.2) is 0 Å². The molecular formula is C24H35BrN6O3. The van der Waals surface area contributed by atoms with Gasteiger partial charge in [-0.05, 0) is 81.8 Å². The number of nitrogens with two attached hydrogens (primary N) is 1. The Morgan fingerprint density at radius 2 is 2.00 bits per heavy atom. The first-order chi connectivity index (χ1) is 16.2. The highest BCUT2D eigenvalue weighted by molar-refractivity contribution is 9.10. The number of aromatic nitrogens is 3. The number of anilines is 1. The zero-order valence-electron chi connectivity index (χ0n) is 20.3. The van der Waals surface area contributed by atoms with Crippen molar-refractivity contribution in [3.8, 4) is 0 Å². The van der Waals surface area contributed by atoms with Crippen LogP contribution in [0.15, 0.2) is 17.0 Å². The summed E-state index contributed by atoms with van der Waals surface area (Å²) >= 11 is 3.60. The molecule has 34 heavy (non-hydrogen) atoms. The molecule has 2 aromatic heterocycles. The maximum absolute atomic E-state index is 12.5. The van der Waals surface area contributed by atoms with Crippen LogP contribution in [0.25, 0.3) is 11.0 Å². The first kappa shape index (κ1) is 23.8. The summed E-state index contributed by atoms with van der Waals surface area (Å²) in [6, 6.07) is 0. The Bertz CT molecular complexity index is 1060. The van der Waals surface area contributed by atoms with Crippen LogP contribution in [0.1, 0.15) is 65.5 Å². The predicted octanol–water partition coefficient (Wildman–Crippen LogP) is 4.32. The number of nitrogens with zero attached hydrogens (tertiary/aromatic N) is 5. The maximum Gasteiger partial charge on any atom is 0.410 e. The Kier molecular flexibility index (Phi) is 6.27. The number of nitrogen functional groups attached to an aromatic ring is 1. The van der Waals surface area contributed by atoms with Gasteiger partial charge in [0, 0.05) is 35.8 Å². The Labute approximate surface area is 209 Å². The SMILES string of the molecule is CC(C)(C)OC(=O)N1CCC2(CCCN2CC2CCC(n3cc(Br)c4c(N)ncnc43)O2)CC1. The van der Waals surface area contributed by atoms with Crippen molar-refractivity contribution in [3.05, 3.63) is 17.0 Å². The lowest BCUT2D eigenvalue weighted by Gasteiger charge is -2.45. The van der Waals surface area contributed by atoms with E-state index in [9.17, 15) is 4.79 Å². The van der Waals surface area contributed by atoms with Gasteiger partial charge in [-0.25, -0.2) is 14.8 Å². The van der Waals surface area contributed by atoms with Crippen LogP contribution in [0.3, 0.4) is 0 Å². The van der Waals surface area contributed by atoms with Crippen molar-refractivity contribution in [1.82, 2.24) is 24.3 Å². The van der Waals surface area contributed by atoms with Crippen molar-refractivity contribution in [3.63, 3.8) is 0 Å². The molecule has 3 fully saturated rings. The van der Waals surface area contributed by atoms with Gasteiger partial charge < -0.3 is 24.7 Å². The van der Waals surface area contributed by atoms with Crippen LogP contribution in [-0.2, 0) is 9.47 Å². The van der Waals surface area contributed by atoms with E-state index in [0.29, 0.717) is 5.82 Å². The second-order valence-corrected chi connectivity index (χ2v) is 11.7. The maximum atomic E-state index is 12.5. The highest BCUT2D eigenvalue weighted by Gasteiger charge is 2.45. The molecule has 0 bridgehead atoms. The minimum absolute atomic E-state index is 0.0549. The lowest BCUT2D eigenvalue weighted by atomic mass is 9.85. The Balaban J connectivity index is 1.21. The monoisotopic (exact) mass is 534 g/mol. The molecule has 2 N–H and O–H groups in total. The highest BCUT2D eigenvalue weighted by atomic mass is 79.9. The quantitative estimate of drug-likeness (QED) is 0.625. The number of amides is 1. The van der Waals surface area contributed by atoms with E-state index < -0.39 is 5.60 Å². The summed E-state index contributed by atoms with van der Waals surface area (Å²) in [6.45, 7) is 9.29. The fourth-order valence-electron chi connectivity index (χ4n) is 5.83. The number of carbonyl (C=O) groups is 1. The third kappa shape index (κ3) is 4.52. The summed E-state index contributed by atoms with van der Waals surface area (Å²) in [5.41, 5.74) is 6.58. The summed E-state index contributed by atoms with van der Waals surface area (Å²) in [5, 5.41) is 0.838. The molecule has 1 amide bonds. The Morgan fingerprint density at radius 3 is 2.74 bits per heavy atom.